The van der Waals surface area contributed by atoms with Crippen LogP contribution < -0.4 is 5.73 Å². The second-order valence-electron chi connectivity index (χ2n) is 4.69. The Morgan fingerprint density at radius 3 is 2.11 bits per heavy atom. The van der Waals surface area contributed by atoms with E-state index in [0.717, 1.165) is 5.56 Å². The van der Waals surface area contributed by atoms with E-state index in [1.807, 2.05) is 44.2 Å². The Morgan fingerprint density at radius 1 is 1.11 bits per heavy atom. The molecule has 18 heavy (non-hydrogen) atoms. The molecule has 3 unspecified atom stereocenters. The molecule has 0 aromatic heterocycles. The van der Waals surface area contributed by atoms with Crippen LogP contribution in [0.4, 0.5) is 0 Å². The average Bonchev–Trinajstić information content (AvgIpc) is 2.39. The molecule has 0 saturated heterocycles. The van der Waals surface area contributed by atoms with E-state index in [-0.39, 0.29) is 5.25 Å². The van der Waals surface area contributed by atoms with E-state index in [2.05, 4.69) is 0 Å². The van der Waals surface area contributed by atoms with E-state index in [1.54, 1.807) is 6.92 Å². The first-order valence-electron chi connectivity index (χ1n) is 6.48. The van der Waals surface area contributed by atoms with Crippen molar-refractivity contribution in [1.29, 1.82) is 0 Å². The van der Waals surface area contributed by atoms with Gasteiger partial charge in [0.25, 0.3) is 0 Å². The van der Waals surface area contributed by atoms with Crippen molar-refractivity contribution in [3.8, 4) is 0 Å². The monoisotopic (exact) mass is 269 g/mol. The minimum absolute atomic E-state index is 0.336. The lowest BCUT2D eigenvalue weighted by Crippen LogP contribution is -2.38. The van der Waals surface area contributed by atoms with Gasteiger partial charge in [-0.15, -0.1) is 0 Å². The standard InChI is InChI=1S/C14H23NO2S/c1-4-11(3)18(16,17)13(5-2)14(15)12-9-7-6-8-10-12/h6-11,13-14H,4-5,15H2,1-3H3. The molecule has 0 spiro atoms. The Balaban J connectivity index is 3.04. The van der Waals surface area contributed by atoms with Crippen molar-refractivity contribution in [1.82, 2.24) is 0 Å². The van der Waals surface area contributed by atoms with Gasteiger partial charge in [-0.2, -0.15) is 0 Å². The largest absolute Gasteiger partial charge is 0.323 e. The predicted octanol–water partition coefficient (Wildman–Crippen LogP) is 2.68. The molecule has 0 fully saturated rings. The zero-order valence-electron chi connectivity index (χ0n) is 11.3. The first kappa shape index (κ1) is 15.2. The summed E-state index contributed by atoms with van der Waals surface area (Å²) in [6.45, 7) is 5.53. The second kappa shape index (κ2) is 6.34. The Bertz CT molecular complexity index is 456. The van der Waals surface area contributed by atoms with Crippen molar-refractivity contribution in [2.45, 2.75) is 50.2 Å². The van der Waals surface area contributed by atoms with Crippen LogP contribution in [-0.4, -0.2) is 18.9 Å². The molecule has 0 aliphatic carbocycles. The zero-order valence-corrected chi connectivity index (χ0v) is 12.2. The molecule has 3 atom stereocenters. The summed E-state index contributed by atoms with van der Waals surface area (Å²) in [6, 6.07) is 9.00. The van der Waals surface area contributed by atoms with Gasteiger partial charge in [-0.1, -0.05) is 44.2 Å². The highest BCUT2D eigenvalue weighted by atomic mass is 32.2. The molecule has 0 saturated carbocycles. The smallest absolute Gasteiger partial charge is 0.157 e. The number of hydrogen-bond donors (Lipinski definition) is 1. The lowest BCUT2D eigenvalue weighted by Gasteiger charge is -2.26. The number of hydrogen-bond acceptors (Lipinski definition) is 3. The highest BCUT2D eigenvalue weighted by molar-refractivity contribution is 7.92. The third-order valence-electron chi connectivity index (χ3n) is 3.55. The van der Waals surface area contributed by atoms with Gasteiger partial charge in [0.1, 0.15) is 0 Å². The maximum atomic E-state index is 12.4. The Labute approximate surface area is 110 Å². The third kappa shape index (κ3) is 3.12. The summed E-state index contributed by atoms with van der Waals surface area (Å²) in [6.07, 6.45) is 1.17. The first-order chi connectivity index (χ1) is 8.45. The SMILES string of the molecule is CCC(C)S(=O)(=O)C(CC)C(N)c1ccccc1. The number of sulfone groups is 1. The number of benzene rings is 1. The molecule has 1 rings (SSSR count). The molecule has 1 aromatic rings. The van der Waals surface area contributed by atoms with Crippen LogP contribution in [0.2, 0.25) is 0 Å². The Kier molecular flexibility index (Phi) is 5.35. The zero-order chi connectivity index (χ0) is 13.8. The van der Waals surface area contributed by atoms with Gasteiger partial charge in [0, 0.05) is 6.04 Å². The van der Waals surface area contributed by atoms with Crippen molar-refractivity contribution in [2.75, 3.05) is 0 Å². The summed E-state index contributed by atoms with van der Waals surface area (Å²) in [5.74, 6) is 0. The van der Waals surface area contributed by atoms with Crippen molar-refractivity contribution in [2.24, 2.45) is 5.73 Å². The molecular formula is C14H23NO2S. The van der Waals surface area contributed by atoms with E-state index < -0.39 is 21.1 Å². The lowest BCUT2D eigenvalue weighted by atomic mass is 10.0. The van der Waals surface area contributed by atoms with Crippen LogP contribution in [0, 0.1) is 0 Å². The fourth-order valence-corrected chi connectivity index (χ4v) is 4.20. The summed E-state index contributed by atoms with van der Waals surface area (Å²) in [7, 11) is -3.17. The van der Waals surface area contributed by atoms with Gasteiger partial charge in [0.2, 0.25) is 0 Å². The van der Waals surface area contributed by atoms with E-state index in [4.69, 9.17) is 5.73 Å². The van der Waals surface area contributed by atoms with Gasteiger partial charge in [0.15, 0.2) is 9.84 Å². The molecule has 2 N–H and O–H groups in total. The van der Waals surface area contributed by atoms with Gasteiger partial charge in [-0.05, 0) is 25.3 Å². The van der Waals surface area contributed by atoms with Crippen LogP contribution >= 0.6 is 0 Å². The predicted molar refractivity (Wildman–Crippen MR) is 76.1 cm³/mol. The lowest BCUT2D eigenvalue weighted by molar-refractivity contribution is 0.535. The molecule has 1 aromatic carbocycles. The summed E-state index contributed by atoms with van der Waals surface area (Å²) >= 11 is 0. The molecule has 0 amide bonds. The van der Waals surface area contributed by atoms with Gasteiger partial charge >= 0.3 is 0 Å². The molecule has 0 heterocycles. The average molecular weight is 269 g/mol. The van der Waals surface area contributed by atoms with E-state index in [1.165, 1.54) is 0 Å². The highest BCUT2D eigenvalue weighted by Crippen LogP contribution is 2.26. The summed E-state index contributed by atoms with van der Waals surface area (Å²) in [4.78, 5) is 0. The molecule has 0 bridgehead atoms. The second-order valence-corrected chi connectivity index (χ2v) is 7.28. The van der Waals surface area contributed by atoms with Crippen LogP contribution in [0.15, 0.2) is 30.3 Å². The van der Waals surface area contributed by atoms with Crippen LogP contribution in [0.1, 0.15) is 45.2 Å². The molecule has 102 valence electrons. The van der Waals surface area contributed by atoms with Gasteiger partial charge < -0.3 is 5.73 Å². The van der Waals surface area contributed by atoms with Gasteiger partial charge in [-0.3, -0.25) is 0 Å². The quantitative estimate of drug-likeness (QED) is 0.863. The van der Waals surface area contributed by atoms with Crippen LogP contribution in [-0.2, 0) is 9.84 Å². The van der Waals surface area contributed by atoms with Crippen LogP contribution in [0.5, 0.6) is 0 Å². The fraction of sp³-hybridized carbons (Fsp3) is 0.571. The molecule has 3 nitrogen and oxygen atoms in total. The minimum Gasteiger partial charge on any atom is -0.323 e. The molecule has 0 radical (unpaired) electrons. The first-order valence-corrected chi connectivity index (χ1v) is 8.09. The number of nitrogens with two attached hydrogens (primary N) is 1. The van der Waals surface area contributed by atoms with Crippen LogP contribution in [0.3, 0.4) is 0 Å². The molecule has 0 aliphatic rings. The van der Waals surface area contributed by atoms with Crippen LogP contribution in [0.25, 0.3) is 0 Å². The summed E-state index contributed by atoms with van der Waals surface area (Å²) in [5.41, 5.74) is 7.03. The van der Waals surface area contributed by atoms with Crippen molar-refractivity contribution >= 4 is 9.84 Å². The van der Waals surface area contributed by atoms with E-state index >= 15 is 0 Å². The topological polar surface area (TPSA) is 60.2 Å². The van der Waals surface area contributed by atoms with Crippen molar-refractivity contribution < 1.29 is 8.42 Å². The normalized spacial score (nSPS) is 17.1. The van der Waals surface area contributed by atoms with Gasteiger partial charge in [-0.25, -0.2) is 8.42 Å². The molecular weight excluding hydrogens is 246 g/mol. The fourth-order valence-electron chi connectivity index (χ4n) is 2.11. The maximum Gasteiger partial charge on any atom is 0.157 e. The summed E-state index contributed by atoms with van der Waals surface area (Å²) < 4.78 is 24.9. The molecule has 4 heteroatoms. The number of rotatable bonds is 6. The summed E-state index contributed by atoms with van der Waals surface area (Å²) in [5, 5.41) is -0.841. The maximum absolute atomic E-state index is 12.4. The third-order valence-corrected chi connectivity index (χ3v) is 6.47. The highest BCUT2D eigenvalue weighted by Gasteiger charge is 2.34. The Morgan fingerprint density at radius 2 is 1.67 bits per heavy atom. The van der Waals surface area contributed by atoms with E-state index in [0.29, 0.717) is 12.8 Å². The Hall–Kier alpha value is -0.870. The van der Waals surface area contributed by atoms with Gasteiger partial charge in [0.05, 0.1) is 10.5 Å². The molecule has 0 aliphatic heterocycles. The minimum atomic E-state index is -3.17. The van der Waals surface area contributed by atoms with Crippen molar-refractivity contribution in [3.05, 3.63) is 35.9 Å². The van der Waals surface area contributed by atoms with E-state index in [9.17, 15) is 8.42 Å². The van der Waals surface area contributed by atoms with Crippen molar-refractivity contribution in [3.63, 3.8) is 0 Å².